The van der Waals surface area contributed by atoms with Gasteiger partial charge in [-0.1, -0.05) is 0 Å². The lowest BCUT2D eigenvalue weighted by Crippen LogP contribution is -2.33. The number of nitrogens with zero attached hydrogens (tertiary/aromatic N) is 5. The Labute approximate surface area is 253 Å². The molecule has 234 valence electrons. The lowest BCUT2D eigenvalue weighted by Gasteiger charge is -2.21. The Bertz CT molecular complexity index is 1590. The maximum absolute atomic E-state index is 12.9. The van der Waals surface area contributed by atoms with Crippen LogP contribution in [0.1, 0.15) is 64.0 Å². The summed E-state index contributed by atoms with van der Waals surface area (Å²) in [6.07, 6.45) is 1.40. The van der Waals surface area contributed by atoms with Crippen molar-refractivity contribution in [3.8, 4) is 0 Å². The highest BCUT2D eigenvalue weighted by molar-refractivity contribution is 6.01. The molecule has 3 rings (SSSR count). The van der Waals surface area contributed by atoms with Crippen LogP contribution >= 0.6 is 0 Å². The van der Waals surface area contributed by atoms with Crippen molar-refractivity contribution in [1.29, 1.82) is 0 Å². The minimum Gasteiger partial charge on any atom is -0.481 e. The molecule has 3 aromatic rings. The molecule has 2 amide bonds. The topological polar surface area (TPSA) is 212 Å². The smallest absolute Gasteiger partial charge is 0.413 e. The SMILES string of the molecule is CN(Cc1cnc2nc(N)nc(NC(=O)OC(C)(C)C)c2n1)c1ccc(C(=O)N/C(=C/CC(=O)O)C(=O)OC(C)(C)C)cc1. The number of fused-ring (bicyclic) bond motifs is 1. The summed E-state index contributed by atoms with van der Waals surface area (Å²) in [5, 5.41) is 14.0. The van der Waals surface area contributed by atoms with E-state index in [4.69, 9.17) is 20.3 Å². The molecule has 0 radical (unpaired) electrons. The van der Waals surface area contributed by atoms with Crippen LogP contribution in [0.3, 0.4) is 0 Å². The second-order valence-electron chi connectivity index (χ2n) is 11.7. The first-order valence-corrected chi connectivity index (χ1v) is 13.5. The maximum Gasteiger partial charge on any atom is 0.413 e. The monoisotopic (exact) mass is 608 g/mol. The molecule has 0 spiro atoms. The van der Waals surface area contributed by atoms with E-state index in [1.54, 1.807) is 72.9 Å². The van der Waals surface area contributed by atoms with E-state index in [1.165, 1.54) is 6.20 Å². The molecule has 0 saturated carbocycles. The predicted octanol–water partition coefficient (Wildman–Crippen LogP) is 3.42. The standard InChI is InChI=1S/C29H36N8O7/c1-28(2,3)43-25(41)19(12-13-20(38)39)33-24(40)16-8-10-18(11-9-16)37(7)15-17-14-31-22-21(32-17)23(35-26(30)34-22)36-27(42)44-29(4,5)6/h8-12,14H,13,15H2,1-7H3,(H,33,40)(H,38,39)(H3,30,31,34,35,36,42)/b19-12+. The van der Waals surface area contributed by atoms with Crippen molar-refractivity contribution in [3.05, 3.63) is 53.5 Å². The molecule has 44 heavy (non-hydrogen) atoms. The molecule has 2 heterocycles. The number of benzene rings is 1. The lowest BCUT2D eigenvalue weighted by atomic mass is 10.1. The predicted molar refractivity (Wildman–Crippen MR) is 162 cm³/mol. The van der Waals surface area contributed by atoms with Crippen LogP contribution in [-0.2, 0) is 25.6 Å². The van der Waals surface area contributed by atoms with Gasteiger partial charge in [0.25, 0.3) is 5.91 Å². The summed E-state index contributed by atoms with van der Waals surface area (Å²) >= 11 is 0. The third-order valence-corrected chi connectivity index (χ3v) is 5.41. The van der Waals surface area contributed by atoms with Crippen LogP contribution in [0.5, 0.6) is 0 Å². The van der Waals surface area contributed by atoms with Gasteiger partial charge in [0.1, 0.15) is 16.9 Å². The highest BCUT2D eigenvalue weighted by atomic mass is 16.6. The van der Waals surface area contributed by atoms with E-state index in [0.717, 1.165) is 11.8 Å². The summed E-state index contributed by atoms with van der Waals surface area (Å²) < 4.78 is 10.6. The molecule has 0 bridgehead atoms. The molecular formula is C29H36N8O7. The summed E-state index contributed by atoms with van der Waals surface area (Å²) in [4.78, 5) is 67.7. The number of rotatable bonds is 9. The average Bonchev–Trinajstić information content (AvgIpc) is 2.89. The molecule has 1 aromatic carbocycles. The van der Waals surface area contributed by atoms with Crippen LogP contribution in [0, 0.1) is 0 Å². The van der Waals surface area contributed by atoms with Crippen molar-refractivity contribution in [2.45, 2.75) is 65.7 Å². The Balaban J connectivity index is 1.76. The second-order valence-corrected chi connectivity index (χ2v) is 11.7. The first-order chi connectivity index (χ1) is 20.4. The van der Waals surface area contributed by atoms with Gasteiger partial charge in [-0.3, -0.25) is 14.9 Å². The minimum atomic E-state index is -1.17. The molecule has 0 aliphatic carbocycles. The number of amides is 2. The Morgan fingerprint density at radius 1 is 0.977 bits per heavy atom. The molecular weight excluding hydrogens is 572 g/mol. The van der Waals surface area contributed by atoms with Crippen LogP contribution in [-0.4, -0.2) is 67.2 Å². The number of anilines is 3. The molecule has 0 saturated heterocycles. The lowest BCUT2D eigenvalue weighted by molar-refractivity contribution is -0.150. The average molecular weight is 609 g/mol. The summed E-state index contributed by atoms with van der Waals surface area (Å²) in [5.74, 6) is -2.68. The zero-order valence-electron chi connectivity index (χ0n) is 25.6. The fraction of sp³-hybridized carbons (Fsp3) is 0.379. The normalized spacial score (nSPS) is 11.9. The van der Waals surface area contributed by atoms with E-state index in [2.05, 4.69) is 30.6 Å². The number of nitrogens with two attached hydrogens (primary N) is 1. The number of aliphatic carboxylic acids is 1. The highest BCUT2D eigenvalue weighted by Crippen LogP contribution is 2.21. The Morgan fingerprint density at radius 3 is 2.20 bits per heavy atom. The van der Waals surface area contributed by atoms with Gasteiger partial charge in [-0.05, 0) is 71.9 Å². The summed E-state index contributed by atoms with van der Waals surface area (Å²) in [6.45, 7) is 10.4. The van der Waals surface area contributed by atoms with Gasteiger partial charge in [0, 0.05) is 18.3 Å². The van der Waals surface area contributed by atoms with E-state index in [1.807, 2.05) is 4.90 Å². The molecule has 0 fully saturated rings. The fourth-order valence-electron chi connectivity index (χ4n) is 3.63. The maximum atomic E-state index is 12.9. The van der Waals surface area contributed by atoms with Gasteiger partial charge >= 0.3 is 18.0 Å². The number of ether oxygens (including phenoxy) is 2. The molecule has 5 N–H and O–H groups in total. The number of nitrogen functional groups attached to an aromatic ring is 1. The molecule has 2 aromatic heterocycles. The number of aromatic nitrogens is 4. The highest BCUT2D eigenvalue weighted by Gasteiger charge is 2.23. The van der Waals surface area contributed by atoms with Crippen molar-refractivity contribution in [1.82, 2.24) is 25.3 Å². The van der Waals surface area contributed by atoms with Gasteiger partial charge in [-0.2, -0.15) is 9.97 Å². The van der Waals surface area contributed by atoms with Crippen LogP contribution in [0.15, 0.2) is 42.2 Å². The molecule has 0 atom stereocenters. The molecule has 0 aliphatic heterocycles. The molecule has 15 heteroatoms. The largest absolute Gasteiger partial charge is 0.481 e. The summed E-state index contributed by atoms with van der Waals surface area (Å²) in [5.41, 5.74) is 5.81. The van der Waals surface area contributed by atoms with E-state index in [9.17, 15) is 19.2 Å². The first-order valence-electron chi connectivity index (χ1n) is 13.5. The fourth-order valence-corrected chi connectivity index (χ4v) is 3.63. The van der Waals surface area contributed by atoms with Gasteiger partial charge in [0.05, 0.1) is 24.9 Å². The van der Waals surface area contributed by atoms with Crippen molar-refractivity contribution in [3.63, 3.8) is 0 Å². The van der Waals surface area contributed by atoms with Crippen LogP contribution in [0.25, 0.3) is 11.2 Å². The van der Waals surface area contributed by atoms with Gasteiger partial charge in [0.2, 0.25) is 5.95 Å². The zero-order valence-corrected chi connectivity index (χ0v) is 25.6. The number of carboxylic acid groups (broad SMARTS) is 1. The van der Waals surface area contributed by atoms with Crippen molar-refractivity contribution >= 4 is 52.6 Å². The molecule has 0 unspecified atom stereocenters. The number of carbonyl (C=O) groups excluding carboxylic acids is 3. The van der Waals surface area contributed by atoms with Crippen LogP contribution in [0.4, 0.5) is 22.2 Å². The molecule has 0 aliphatic rings. The quantitative estimate of drug-likeness (QED) is 0.203. The van der Waals surface area contributed by atoms with Gasteiger partial charge in [0.15, 0.2) is 17.0 Å². The minimum absolute atomic E-state index is 0.0530. The third kappa shape index (κ3) is 9.89. The second kappa shape index (κ2) is 13.3. The van der Waals surface area contributed by atoms with Gasteiger partial charge in [-0.15, -0.1) is 0 Å². The van der Waals surface area contributed by atoms with Crippen molar-refractivity contribution < 1.29 is 33.8 Å². The molecule has 15 nitrogen and oxygen atoms in total. The summed E-state index contributed by atoms with van der Waals surface area (Å²) in [6, 6.07) is 6.49. The van der Waals surface area contributed by atoms with Gasteiger partial charge < -0.3 is 30.5 Å². The van der Waals surface area contributed by atoms with E-state index in [-0.39, 0.29) is 40.7 Å². The number of hydrogen-bond acceptors (Lipinski definition) is 12. The van der Waals surface area contributed by atoms with Crippen molar-refractivity contribution in [2.24, 2.45) is 0 Å². The Hall–Kier alpha value is -5.34. The van der Waals surface area contributed by atoms with Gasteiger partial charge in [-0.25, -0.2) is 19.6 Å². The number of nitrogens with one attached hydrogen (secondary N) is 2. The number of hydrogen-bond donors (Lipinski definition) is 4. The third-order valence-electron chi connectivity index (χ3n) is 5.41. The van der Waals surface area contributed by atoms with Crippen LogP contribution < -0.4 is 21.3 Å². The van der Waals surface area contributed by atoms with Crippen molar-refractivity contribution in [2.75, 3.05) is 23.0 Å². The van der Waals surface area contributed by atoms with E-state index >= 15 is 0 Å². The zero-order chi connectivity index (χ0) is 32.8. The summed E-state index contributed by atoms with van der Waals surface area (Å²) in [7, 11) is 1.80. The first kappa shape index (κ1) is 33.2. The Kier molecular flexibility index (Phi) is 10.0. The number of carbonyl (C=O) groups is 4. The van der Waals surface area contributed by atoms with Crippen LogP contribution in [0.2, 0.25) is 0 Å². The van der Waals surface area contributed by atoms with E-state index < -0.39 is 41.6 Å². The van der Waals surface area contributed by atoms with E-state index in [0.29, 0.717) is 5.69 Å². The number of esters is 1. The Morgan fingerprint density at radius 2 is 1.61 bits per heavy atom. The number of carboxylic acids is 1.